The molecule has 1 heterocycles. The average Bonchev–Trinajstić information content (AvgIpc) is 3.25. The third kappa shape index (κ3) is 5.36. The van der Waals surface area contributed by atoms with Gasteiger partial charge in [0.05, 0.1) is 11.9 Å². The molecule has 7 heteroatoms. The van der Waals surface area contributed by atoms with Gasteiger partial charge in [-0.25, -0.2) is 10.4 Å². The first kappa shape index (κ1) is 20.8. The summed E-state index contributed by atoms with van der Waals surface area (Å²) in [4.78, 5) is 17.0. The van der Waals surface area contributed by atoms with Crippen LogP contribution in [0.1, 0.15) is 21.5 Å². The van der Waals surface area contributed by atoms with Crippen molar-refractivity contribution >= 4 is 45.9 Å². The molecule has 1 amide bonds. The Morgan fingerprint density at radius 2 is 1.77 bits per heavy atom. The maximum absolute atomic E-state index is 12.3. The lowest BCUT2D eigenvalue weighted by molar-refractivity contribution is 0.0955. The van der Waals surface area contributed by atoms with Crippen LogP contribution in [-0.2, 0) is 0 Å². The molecule has 0 saturated heterocycles. The summed E-state index contributed by atoms with van der Waals surface area (Å²) in [7, 11) is 0. The van der Waals surface area contributed by atoms with Crippen LogP contribution < -0.4 is 10.7 Å². The number of thiazole rings is 1. The normalized spacial score (nSPS) is 10.9. The number of hydrogen-bond donors (Lipinski definition) is 2. The van der Waals surface area contributed by atoms with Crippen LogP contribution in [0.15, 0.2) is 83.3 Å². The van der Waals surface area contributed by atoms with Gasteiger partial charge in [0, 0.05) is 27.2 Å². The molecule has 4 aromatic rings. The summed E-state index contributed by atoms with van der Waals surface area (Å²) in [6.45, 7) is 2.00. The van der Waals surface area contributed by atoms with Gasteiger partial charge in [0.25, 0.3) is 5.91 Å². The van der Waals surface area contributed by atoms with Gasteiger partial charge in [-0.3, -0.25) is 4.79 Å². The number of nitrogens with zero attached hydrogens (tertiary/aromatic N) is 2. The van der Waals surface area contributed by atoms with Crippen molar-refractivity contribution in [3.05, 3.63) is 99.9 Å². The molecule has 0 bridgehead atoms. The van der Waals surface area contributed by atoms with E-state index in [1.807, 2.05) is 73.0 Å². The van der Waals surface area contributed by atoms with Crippen molar-refractivity contribution in [1.29, 1.82) is 0 Å². The van der Waals surface area contributed by atoms with Gasteiger partial charge in [-0.05, 0) is 54.4 Å². The quantitative estimate of drug-likeness (QED) is 0.270. The predicted octanol–water partition coefficient (Wildman–Crippen LogP) is 6.28. The summed E-state index contributed by atoms with van der Waals surface area (Å²) < 4.78 is 0. The van der Waals surface area contributed by atoms with Crippen LogP contribution in [0.4, 0.5) is 10.8 Å². The number of carbonyl (C=O) groups is 1. The Hall–Kier alpha value is -3.48. The molecule has 0 fully saturated rings. The number of anilines is 2. The maximum Gasteiger partial charge on any atom is 0.271 e. The highest BCUT2D eigenvalue weighted by Crippen LogP contribution is 2.27. The molecule has 2 N–H and O–H groups in total. The fraction of sp³-hybridized carbons (Fsp3) is 0.0417. The van der Waals surface area contributed by atoms with E-state index in [1.54, 1.807) is 18.3 Å². The first-order valence-electron chi connectivity index (χ1n) is 9.56. The molecule has 5 nitrogen and oxygen atoms in total. The second kappa shape index (κ2) is 9.55. The van der Waals surface area contributed by atoms with Crippen molar-refractivity contribution in [3.63, 3.8) is 0 Å². The molecule has 1 aromatic heterocycles. The SMILES string of the molecule is Cc1ccccc1/C=N\NC(=O)c1ccc(-c2csc(Nc3ccc(Cl)cc3)n2)cc1. The lowest BCUT2D eigenvalue weighted by Gasteiger charge is -2.03. The summed E-state index contributed by atoms with van der Waals surface area (Å²) in [6, 6.07) is 22.6. The number of nitrogens with one attached hydrogen (secondary N) is 2. The fourth-order valence-electron chi connectivity index (χ4n) is 2.87. The predicted molar refractivity (Wildman–Crippen MR) is 129 cm³/mol. The molecule has 31 heavy (non-hydrogen) atoms. The van der Waals surface area contributed by atoms with Gasteiger partial charge in [-0.15, -0.1) is 11.3 Å². The highest BCUT2D eigenvalue weighted by atomic mass is 35.5. The average molecular weight is 447 g/mol. The molecular formula is C24H19ClN4OS. The molecule has 0 aliphatic carbocycles. The van der Waals surface area contributed by atoms with Crippen molar-refractivity contribution in [2.45, 2.75) is 6.92 Å². The Labute approximate surface area is 189 Å². The zero-order chi connectivity index (χ0) is 21.6. The lowest BCUT2D eigenvalue weighted by atomic mass is 10.1. The molecular weight excluding hydrogens is 428 g/mol. The zero-order valence-corrected chi connectivity index (χ0v) is 18.2. The molecule has 154 valence electrons. The van der Waals surface area contributed by atoms with Crippen LogP contribution in [0.25, 0.3) is 11.3 Å². The van der Waals surface area contributed by atoms with Crippen LogP contribution in [0.5, 0.6) is 0 Å². The Bertz CT molecular complexity index is 1220. The number of aryl methyl sites for hydroxylation is 1. The van der Waals surface area contributed by atoms with Gasteiger partial charge in [0.15, 0.2) is 5.13 Å². The van der Waals surface area contributed by atoms with Gasteiger partial charge in [-0.1, -0.05) is 48.0 Å². The summed E-state index contributed by atoms with van der Waals surface area (Å²) in [5.41, 5.74) is 7.84. The van der Waals surface area contributed by atoms with E-state index in [-0.39, 0.29) is 5.91 Å². The van der Waals surface area contributed by atoms with E-state index in [9.17, 15) is 4.79 Å². The van der Waals surface area contributed by atoms with Crippen molar-refractivity contribution in [1.82, 2.24) is 10.4 Å². The van der Waals surface area contributed by atoms with E-state index in [4.69, 9.17) is 11.6 Å². The van der Waals surface area contributed by atoms with Crippen molar-refractivity contribution < 1.29 is 4.79 Å². The van der Waals surface area contributed by atoms with Gasteiger partial charge in [0.2, 0.25) is 0 Å². The minimum atomic E-state index is -0.264. The molecule has 0 radical (unpaired) electrons. The Balaban J connectivity index is 1.39. The molecule has 0 aliphatic heterocycles. The topological polar surface area (TPSA) is 66.4 Å². The molecule has 0 unspecified atom stereocenters. The highest BCUT2D eigenvalue weighted by molar-refractivity contribution is 7.14. The number of benzene rings is 3. The molecule has 0 spiro atoms. The Morgan fingerprint density at radius 1 is 1.03 bits per heavy atom. The Kier molecular flexibility index (Phi) is 6.40. The van der Waals surface area contributed by atoms with E-state index in [0.29, 0.717) is 10.6 Å². The molecule has 4 rings (SSSR count). The van der Waals surface area contributed by atoms with Gasteiger partial charge < -0.3 is 5.32 Å². The highest BCUT2D eigenvalue weighted by Gasteiger charge is 2.08. The standard InChI is InChI=1S/C24H19ClN4OS/c1-16-4-2-3-5-19(16)14-26-29-23(30)18-8-6-17(7-9-18)22-15-31-24(28-22)27-21-12-10-20(25)11-13-21/h2-15H,1H3,(H,27,28)(H,29,30)/b26-14-. The van der Waals surface area contributed by atoms with Crippen LogP contribution in [0.2, 0.25) is 5.02 Å². The summed E-state index contributed by atoms with van der Waals surface area (Å²) in [5, 5.41) is 10.8. The summed E-state index contributed by atoms with van der Waals surface area (Å²) in [6.07, 6.45) is 1.64. The minimum Gasteiger partial charge on any atom is -0.332 e. The first-order valence-corrected chi connectivity index (χ1v) is 10.8. The van der Waals surface area contributed by atoms with E-state index in [0.717, 1.165) is 33.2 Å². The number of hydrazone groups is 1. The van der Waals surface area contributed by atoms with E-state index in [1.165, 1.54) is 11.3 Å². The van der Waals surface area contributed by atoms with E-state index in [2.05, 4.69) is 20.8 Å². The second-order valence-electron chi connectivity index (χ2n) is 6.80. The number of hydrogen-bond acceptors (Lipinski definition) is 5. The van der Waals surface area contributed by atoms with Gasteiger partial charge >= 0.3 is 0 Å². The molecule has 0 saturated carbocycles. The van der Waals surface area contributed by atoms with Crippen molar-refractivity contribution in [2.75, 3.05) is 5.32 Å². The molecule has 0 atom stereocenters. The monoisotopic (exact) mass is 446 g/mol. The molecule has 0 aliphatic rings. The van der Waals surface area contributed by atoms with Crippen molar-refractivity contribution in [3.8, 4) is 11.3 Å². The number of aromatic nitrogens is 1. The number of rotatable bonds is 6. The fourth-order valence-corrected chi connectivity index (χ4v) is 3.74. The van der Waals surface area contributed by atoms with Gasteiger partial charge in [-0.2, -0.15) is 5.10 Å². The summed E-state index contributed by atoms with van der Waals surface area (Å²) in [5.74, 6) is -0.264. The minimum absolute atomic E-state index is 0.264. The van der Waals surface area contributed by atoms with E-state index < -0.39 is 0 Å². The number of carbonyl (C=O) groups excluding carboxylic acids is 1. The number of halogens is 1. The van der Waals surface area contributed by atoms with Crippen LogP contribution in [0, 0.1) is 6.92 Å². The molecule has 3 aromatic carbocycles. The number of amides is 1. The van der Waals surface area contributed by atoms with Crippen LogP contribution in [-0.4, -0.2) is 17.1 Å². The summed E-state index contributed by atoms with van der Waals surface area (Å²) >= 11 is 7.43. The van der Waals surface area contributed by atoms with Gasteiger partial charge in [0.1, 0.15) is 0 Å². The second-order valence-corrected chi connectivity index (χ2v) is 8.10. The van der Waals surface area contributed by atoms with E-state index >= 15 is 0 Å². The largest absolute Gasteiger partial charge is 0.332 e. The van der Waals surface area contributed by atoms with Crippen LogP contribution in [0.3, 0.4) is 0 Å². The smallest absolute Gasteiger partial charge is 0.271 e. The third-order valence-corrected chi connectivity index (χ3v) is 5.61. The van der Waals surface area contributed by atoms with Crippen molar-refractivity contribution in [2.24, 2.45) is 5.10 Å². The maximum atomic E-state index is 12.3. The zero-order valence-electron chi connectivity index (χ0n) is 16.7. The van der Waals surface area contributed by atoms with Crippen LogP contribution >= 0.6 is 22.9 Å². The first-order chi connectivity index (χ1) is 15.1. The third-order valence-electron chi connectivity index (χ3n) is 4.60. The lowest BCUT2D eigenvalue weighted by Crippen LogP contribution is -2.17. The Morgan fingerprint density at radius 3 is 2.52 bits per heavy atom.